The molecule has 0 atom stereocenters. The van der Waals surface area contributed by atoms with Crippen molar-refractivity contribution in [3.63, 3.8) is 0 Å². The van der Waals surface area contributed by atoms with Crippen LogP contribution in [0.3, 0.4) is 0 Å². The Bertz CT molecular complexity index is 547. The topological polar surface area (TPSA) is 56.1 Å². The van der Waals surface area contributed by atoms with E-state index >= 15 is 0 Å². The predicted molar refractivity (Wildman–Crippen MR) is 80.9 cm³/mol. The fraction of sp³-hybridized carbons (Fsp3) is 0.375. The van der Waals surface area contributed by atoms with Crippen molar-refractivity contribution in [2.75, 3.05) is 0 Å². The SMILES string of the molecule is CC(C)Oc1ccc(CNC(=O)CCn2cccn2)cc1. The molecule has 5 heteroatoms. The minimum absolute atomic E-state index is 0.0213. The first-order chi connectivity index (χ1) is 10.1. The van der Waals surface area contributed by atoms with Gasteiger partial charge in [-0.25, -0.2) is 0 Å². The van der Waals surface area contributed by atoms with Gasteiger partial charge in [0.15, 0.2) is 0 Å². The summed E-state index contributed by atoms with van der Waals surface area (Å²) in [4.78, 5) is 11.7. The average Bonchev–Trinajstić information content (AvgIpc) is 2.97. The Morgan fingerprint density at radius 3 is 2.71 bits per heavy atom. The number of ether oxygens (including phenoxy) is 1. The molecule has 112 valence electrons. The Morgan fingerprint density at radius 1 is 1.33 bits per heavy atom. The summed E-state index contributed by atoms with van der Waals surface area (Å²) in [5, 5.41) is 6.96. The number of amides is 1. The first-order valence-corrected chi connectivity index (χ1v) is 7.13. The van der Waals surface area contributed by atoms with Crippen molar-refractivity contribution in [2.45, 2.75) is 39.5 Å². The van der Waals surface area contributed by atoms with E-state index in [0.717, 1.165) is 11.3 Å². The smallest absolute Gasteiger partial charge is 0.222 e. The second kappa shape index (κ2) is 7.47. The van der Waals surface area contributed by atoms with Crippen LogP contribution < -0.4 is 10.1 Å². The second-order valence-corrected chi connectivity index (χ2v) is 5.11. The Balaban J connectivity index is 1.73. The van der Waals surface area contributed by atoms with E-state index in [-0.39, 0.29) is 12.0 Å². The van der Waals surface area contributed by atoms with Gasteiger partial charge in [-0.2, -0.15) is 5.10 Å². The van der Waals surface area contributed by atoms with Crippen LogP contribution in [-0.4, -0.2) is 21.8 Å². The number of carbonyl (C=O) groups excluding carboxylic acids is 1. The van der Waals surface area contributed by atoms with Gasteiger partial charge < -0.3 is 10.1 Å². The van der Waals surface area contributed by atoms with Gasteiger partial charge in [-0.05, 0) is 37.6 Å². The van der Waals surface area contributed by atoms with Crippen LogP contribution in [0, 0.1) is 0 Å². The highest BCUT2D eigenvalue weighted by molar-refractivity contribution is 5.75. The van der Waals surface area contributed by atoms with Gasteiger partial charge in [0.1, 0.15) is 5.75 Å². The molecule has 0 radical (unpaired) electrons. The van der Waals surface area contributed by atoms with E-state index in [2.05, 4.69) is 10.4 Å². The summed E-state index contributed by atoms with van der Waals surface area (Å²) in [5.41, 5.74) is 1.05. The number of nitrogens with one attached hydrogen (secondary N) is 1. The summed E-state index contributed by atoms with van der Waals surface area (Å²) >= 11 is 0. The zero-order valence-corrected chi connectivity index (χ0v) is 12.5. The average molecular weight is 287 g/mol. The van der Waals surface area contributed by atoms with E-state index in [9.17, 15) is 4.79 Å². The number of rotatable bonds is 7. The number of aryl methyl sites for hydroxylation is 1. The lowest BCUT2D eigenvalue weighted by Crippen LogP contribution is -2.24. The highest BCUT2D eigenvalue weighted by Gasteiger charge is 2.03. The molecule has 5 nitrogen and oxygen atoms in total. The lowest BCUT2D eigenvalue weighted by atomic mass is 10.2. The molecule has 0 bridgehead atoms. The molecule has 0 aliphatic rings. The van der Waals surface area contributed by atoms with Crippen LogP contribution in [0.4, 0.5) is 0 Å². The summed E-state index contributed by atoms with van der Waals surface area (Å²) in [6.45, 7) is 5.11. The van der Waals surface area contributed by atoms with Crippen molar-refractivity contribution in [1.29, 1.82) is 0 Å². The molecular weight excluding hydrogens is 266 g/mol. The molecule has 1 N–H and O–H groups in total. The number of nitrogens with zero attached hydrogens (tertiary/aromatic N) is 2. The Labute approximate surface area is 124 Å². The van der Waals surface area contributed by atoms with E-state index in [1.807, 2.05) is 50.4 Å². The third-order valence-electron chi connectivity index (χ3n) is 2.91. The normalized spacial score (nSPS) is 10.6. The van der Waals surface area contributed by atoms with E-state index in [4.69, 9.17) is 4.74 Å². The number of hydrogen-bond acceptors (Lipinski definition) is 3. The van der Waals surface area contributed by atoms with Crippen molar-refractivity contribution >= 4 is 5.91 Å². The van der Waals surface area contributed by atoms with Gasteiger partial charge in [0.25, 0.3) is 0 Å². The molecule has 0 saturated heterocycles. The molecule has 2 aromatic rings. The molecule has 1 aromatic carbocycles. The standard InChI is InChI=1S/C16H21N3O2/c1-13(2)21-15-6-4-14(5-7-15)12-17-16(20)8-11-19-10-3-9-18-19/h3-7,9-10,13H,8,11-12H2,1-2H3,(H,17,20). The molecule has 0 spiro atoms. The van der Waals surface area contributed by atoms with Gasteiger partial charge in [-0.3, -0.25) is 9.48 Å². The monoisotopic (exact) mass is 287 g/mol. The highest BCUT2D eigenvalue weighted by atomic mass is 16.5. The van der Waals surface area contributed by atoms with Gasteiger partial charge in [0.2, 0.25) is 5.91 Å². The van der Waals surface area contributed by atoms with Crippen molar-refractivity contribution < 1.29 is 9.53 Å². The summed E-state index contributed by atoms with van der Waals surface area (Å²) < 4.78 is 7.33. The number of benzene rings is 1. The first-order valence-electron chi connectivity index (χ1n) is 7.13. The largest absolute Gasteiger partial charge is 0.491 e. The van der Waals surface area contributed by atoms with Crippen LogP contribution in [0.15, 0.2) is 42.7 Å². The van der Waals surface area contributed by atoms with Gasteiger partial charge in [0, 0.05) is 31.9 Å². The van der Waals surface area contributed by atoms with Crippen LogP contribution in [0.25, 0.3) is 0 Å². The van der Waals surface area contributed by atoms with E-state index in [1.54, 1.807) is 10.9 Å². The van der Waals surface area contributed by atoms with Crippen LogP contribution >= 0.6 is 0 Å². The van der Waals surface area contributed by atoms with Crippen LogP contribution in [0.2, 0.25) is 0 Å². The minimum Gasteiger partial charge on any atom is -0.491 e. The lowest BCUT2D eigenvalue weighted by molar-refractivity contribution is -0.121. The van der Waals surface area contributed by atoms with Crippen LogP contribution in [-0.2, 0) is 17.9 Å². The van der Waals surface area contributed by atoms with Crippen molar-refractivity contribution in [3.05, 3.63) is 48.3 Å². The molecule has 0 aliphatic heterocycles. The Kier molecular flexibility index (Phi) is 5.37. The molecule has 1 heterocycles. The van der Waals surface area contributed by atoms with Crippen molar-refractivity contribution in [3.8, 4) is 5.75 Å². The minimum atomic E-state index is 0.0213. The van der Waals surface area contributed by atoms with E-state index < -0.39 is 0 Å². The molecule has 0 aliphatic carbocycles. The summed E-state index contributed by atoms with van der Waals surface area (Å²) in [6, 6.07) is 9.62. The zero-order valence-electron chi connectivity index (χ0n) is 12.5. The fourth-order valence-electron chi connectivity index (χ4n) is 1.90. The second-order valence-electron chi connectivity index (χ2n) is 5.11. The third-order valence-corrected chi connectivity index (χ3v) is 2.91. The van der Waals surface area contributed by atoms with Gasteiger partial charge in [0.05, 0.1) is 6.10 Å². The molecule has 2 rings (SSSR count). The first kappa shape index (κ1) is 15.1. The Hall–Kier alpha value is -2.30. The molecule has 21 heavy (non-hydrogen) atoms. The molecule has 0 saturated carbocycles. The summed E-state index contributed by atoms with van der Waals surface area (Å²) in [6.07, 6.45) is 4.15. The van der Waals surface area contributed by atoms with E-state index in [1.165, 1.54) is 0 Å². The van der Waals surface area contributed by atoms with Gasteiger partial charge in [-0.15, -0.1) is 0 Å². The number of carbonyl (C=O) groups is 1. The van der Waals surface area contributed by atoms with Crippen LogP contribution in [0.5, 0.6) is 5.75 Å². The fourth-order valence-corrected chi connectivity index (χ4v) is 1.90. The summed E-state index contributed by atoms with van der Waals surface area (Å²) in [5.74, 6) is 0.867. The molecule has 0 unspecified atom stereocenters. The lowest BCUT2D eigenvalue weighted by Gasteiger charge is -2.10. The highest BCUT2D eigenvalue weighted by Crippen LogP contribution is 2.13. The maximum Gasteiger partial charge on any atom is 0.222 e. The molecule has 1 amide bonds. The maximum atomic E-state index is 11.7. The number of aromatic nitrogens is 2. The zero-order chi connectivity index (χ0) is 15.1. The molecule has 1 aromatic heterocycles. The Morgan fingerprint density at radius 2 is 2.10 bits per heavy atom. The van der Waals surface area contributed by atoms with Gasteiger partial charge in [-0.1, -0.05) is 12.1 Å². The maximum absolute atomic E-state index is 11.7. The van der Waals surface area contributed by atoms with Gasteiger partial charge >= 0.3 is 0 Å². The molecule has 0 fully saturated rings. The van der Waals surface area contributed by atoms with Crippen molar-refractivity contribution in [1.82, 2.24) is 15.1 Å². The van der Waals surface area contributed by atoms with Crippen LogP contribution in [0.1, 0.15) is 25.8 Å². The summed E-state index contributed by atoms with van der Waals surface area (Å²) in [7, 11) is 0. The van der Waals surface area contributed by atoms with E-state index in [0.29, 0.717) is 19.5 Å². The predicted octanol–water partition coefficient (Wildman–Crippen LogP) is 2.38. The van der Waals surface area contributed by atoms with Crippen molar-refractivity contribution in [2.24, 2.45) is 0 Å². The quantitative estimate of drug-likeness (QED) is 0.850. The number of hydrogen-bond donors (Lipinski definition) is 1. The third kappa shape index (κ3) is 5.30. The molecular formula is C16H21N3O2.